The lowest BCUT2D eigenvalue weighted by molar-refractivity contribution is -0.344. The van der Waals surface area contributed by atoms with Gasteiger partial charge in [-0.25, -0.2) is 4.98 Å². The molecule has 3 nitrogen and oxygen atoms in total. The lowest BCUT2D eigenvalue weighted by Crippen LogP contribution is -2.35. The minimum Gasteiger partial charge on any atom is -0.358 e. The first-order valence-electron chi connectivity index (χ1n) is 9.02. The number of halogens is 2. The van der Waals surface area contributed by atoms with Crippen LogP contribution in [0, 0.1) is 5.92 Å². The Labute approximate surface area is 167 Å². The lowest BCUT2D eigenvalue weighted by atomic mass is 9.70. The quantitative estimate of drug-likeness (QED) is 0.600. The number of hydrogen-bond acceptors (Lipinski definition) is 2. The summed E-state index contributed by atoms with van der Waals surface area (Å²) in [6, 6.07) is 13.9. The lowest BCUT2D eigenvalue weighted by Gasteiger charge is -2.38. The number of Topliss-reactive ketones (excluding diaryl/α,β-unsaturated/α-hetero) is 1. The van der Waals surface area contributed by atoms with Gasteiger partial charge in [-0.05, 0) is 35.7 Å². The second kappa shape index (κ2) is 6.36. The molecule has 2 atom stereocenters. The summed E-state index contributed by atoms with van der Waals surface area (Å²) < 4.78 is 0. The molecule has 1 aliphatic carbocycles. The van der Waals surface area contributed by atoms with Crippen molar-refractivity contribution in [1.29, 1.82) is 0 Å². The number of fused-ring (bicyclic) bond motifs is 4. The van der Waals surface area contributed by atoms with E-state index in [0.717, 1.165) is 39.8 Å². The van der Waals surface area contributed by atoms with E-state index in [1.54, 1.807) is 6.07 Å². The summed E-state index contributed by atoms with van der Waals surface area (Å²) in [6.07, 6.45) is 5.37. The highest BCUT2D eigenvalue weighted by molar-refractivity contribution is 6.42. The Hall–Kier alpha value is -2.36. The van der Waals surface area contributed by atoms with E-state index in [1.165, 1.54) is 0 Å². The number of nitrogens with one attached hydrogen (secondary N) is 2. The minimum absolute atomic E-state index is 0.175. The smallest absolute Gasteiger partial charge is 0.211 e. The second-order valence-electron chi connectivity index (χ2n) is 7.05. The predicted octanol–water partition coefficient (Wildman–Crippen LogP) is 5.38. The van der Waals surface area contributed by atoms with Crippen molar-refractivity contribution in [3.63, 3.8) is 0 Å². The van der Waals surface area contributed by atoms with Crippen molar-refractivity contribution in [2.24, 2.45) is 5.92 Å². The molecule has 3 aromatic rings. The number of allylic oxidation sites excluding steroid dienone is 2. The van der Waals surface area contributed by atoms with Crippen LogP contribution in [0.15, 0.2) is 60.4 Å². The molecule has 2 heterocycles. The average Bonchev–Trinajstić information content (AvgIpc) is 2.69. The Balaban J connectivity index is 1.86. The van der Waals surface area contributed by atoms with E-state index >= 15 is 0 Å². The van der Waals surface area contributed by atoms with E-state index in [9.17, 15) is 4.79 Å². The van der Waals surface area contributed by atoms with Crippen molar-refractivity contribution >= 4 is 45.6 Å². The highest BCUT2D eigenvalue weighted by atomic mass is 35.5. The molecule has 0 radical (unpaired) electrons. The predicted molar refractivity (Wildman–Crippen MR) is 108 cm³/mol. The molecular weight excluding hydrogens is 379 g/mol. The van der Waals surface area contributed by atoms with Crippen LogP contribution in [0.4, 0.5) is 5.69 Å². The first-order chi connectivity index (χ1) is 13.1. The van der Waals surface area contributed by atoms with E-state index in [-0.39, 0.29) is 17.6 Å². The van der Waals surface area contributed by atoms with Crippen LogP contribution in [0.5, 0.6) is 0 Å². The fourth-order valence-corrected chi connectivity index (χ4v) is 4.83. The van der Waals surface area contributed by atoms with Crippen molar-refractivity contribution in [1.82, 2.24) is 0 Å². The second-order valence-corrected chi connectivity index (χ2v) is 7.83. The Bertz CT molecular complexity index is 1120. The fraction of sp³-hybridized carbons (Fsp3) is 0.182. The number of carbonyl (C=O) groups excluding carboxylic acids is 1. The van der Waals surface area contributed by atoms with Gasteiger partial charge in [0.2, 0.25) is 5.52 Å². The number of pyridine rings is 1. The van der Waals surface area contributed by atoms with Crippen molar-refractivity contribution < 1.29 is 9.78 Å². The Kier molecular flexibility index (Phi) is 3.96. The monoisotopic (exact) mass is 395 g/mol. The molecule has 0 saturated carbocycles. The van der Waals surface area contributed by atoms with Crippen molar-refractivity contribution in [2.75, 3.05) is 5.32 Å². The molecule has 0 spiro atoms. The number of benzene rings is 2. The first kappa shape index (κ1) is 16.8. The van der Waals surface area contributed by atoms with E-state index in [0.29, 0.717) is 16.5 Å². The summed E-state index contributed by atoms with van der Waals surface area (Å²) in [7, 11) is 0. The molecule has 0 amide bonds. The highest BCUT2D eigenvalue weighted by Gasteiger charge is 2.42. The van der Waals surface area contributed by atoms with Gasteiger partial charge in [0, 0.05) is 35.9 Å². The number of ketones is 1. The van der Waals surface area contributed by atoms with Crippen molar-refractivity contribution in [3.8, 4) is 0 Å². The van der Waals surface area contributed by atoms with E-state index in [1.807, 2.05) is 24.4 Å². The van der Waals surface area contributed by atoms with Gasteiger partial charge in [-0.3, -0.25) is 4.79 Å². The number of aromatic amines is 1. The summed E-state index contributed by atoms with van der Waals surface area (Å²) >= 11 is 13.0. The van der Waals surface area contributed by atoms with Crippen LogP contribution in [-0.2, 0) is 4.79 Å². The first-order valence-corrected chi connectivity index (χ1v) is 9.78. The Morgan fingerprint density at radius 3 is 2.81 bits per heavy atom. The summed E-state index contributed by atoms with van der Waals surface area (Å²) in [4.78, 5) is 16.3. The number of carbonyl (C=O) groups is 1. The van der Waals surface area contributed by atoms with Crippen LogP contribution in [0.25, 0.3) is 10.9 Å². The SMILES string of the molecule is O=C1CCC=C2Nc3ccc4[nH+]cccc4c3C(c3cccc(Cl)c3Cl)C12. The molecule has 2 unspecified atom stereocenters. The van der Waals surface area contributed by atoms with E-state index in [4.69, 9.17) is 23.2 Å². The van der Waals surface area contributed by atoms with Gasteiger partial charge in [0.15, 0.2) is 6.20 Å². The van der Waals surface area contributed by atoms with Crippen LogP contribution >= 0.6 is 23.2 Å². The number of aromatic nitrogens is 1. The highest BCUT2D eigenvalue weighted by Crippen LogP contribution is 2.50. The molecule has 0 bridgehead atoms. The molecule has 0 saturated heterocycles. The maximum atomic E-state index is 13.0. The largest absolute Gasteiger partial charge is 0.358 e. The van der Waals surface area contributed by atoms with Gasteiger partial charge in [-0.2, -0.15) is 0 Å². The van der Waals surface area contributed by atoms with E-state index in [2.05, 4.69) is 34.6 Å². The van der Waals surface area contributed by atoms with Crippen LogP contribution in [0.2, 0.25) is 10.0 Å². The molecule has 0 fully saturated rings. The summed E-state index contributed by atoms with van der Waals surface area (Å²) in [5.41, 5.74) is 5.00. The molecule has 27 heavy (non-hydrogen) atoms. The maximum Gasteiger partial charge on any atom is 0.211 e. The Morgan fingerprint density at radius 1 is 1.04 bits per heavy atom. The summed E-state index contributed by atoms with van der Waals surface area (Å²) in [5, 5.41) is 5.62. The third-order valence-corrected chi connectivity index (χ3v) is 6.40. The number of hydrogen-bond donors (Lipinski definition) is 1. The van der Waals surface area contributed by atoms with Crippen LogP contribution in [-0.4, -0.2) is 5.78 Å². The van der Waals surface area contributed by atoms with Crippen LogP contribution < -0.4 is 10.3 Å². The van der Waals surface area contributed by atoms with Gasteiger partial charge in [0.05, 0.1) is 21.3 Å². The van der Waals surface area contributed by atoms with Crippen molar-refractivity contribution in [3.05, 3.63) is 81.6 Å². The van der Waals surface area contributed by atoms with Gasteiger partial charge >= 0.3 is 0 Å². The number of H-pyrrole nitrogens is 1. The normalized spacial score (nSPS) is 21.3. The van der Waals surface area contributed by atoms with Gasteiger partial charge in [-0.1, -0.05) is 41.4 Å². The summed E-state index contributed by atoms with van der Waals surface area (Å²) in [6.45, 7) is 0. The topological polar surface area (TPSA) is 43.2 Å². The van der Waals surface area contributed by atoms with Gasteiger partial charge in [0.1, 0.15) is 5.78 Å². The third kappa shape index (κ3) is 2.57. The summed E-state index contributed by atoms with van der Waals surface area (Å²) in [5.74, 6) is -0.206. The number of anilines is 1. The molecule has 5 rings (SSSR count). The minimum atomic E-state index is -0.270. The van der Waals surface area contributed by atoms with Gasteiger partial charge in [-0.15, -0.1) is 0 Å². The average molecular weight is 396 g/mol. The van der Waals surface area contributed by atoms with Crippen LogP contribution in [0.3, 0.4) is 0 Å². The zero-order valence-corrected chi connectivity index (χ0v) is 15.9. The molecule has 1 aliphatic heterocycles. The number of rotatable bonds is 1. The molecule has 2 aliphatic rings. The standard InChI is InChI=1S/C22H16Cl2N2O/c23-14-6-1-4-13(22(14)24)20-19-12-5-3-11-25-15(12)9-10-17(19)26-16-7-2-8-18(27)21(16)20/h1,3-7,9-11,20-21,26H,2,8H2/p+1. The maximum absolute atomic E-state index is 13.0. The third-order valence-electron chi connectivity index (χ3n) is 5.56. The molecule has 1 aromatic heterocycles. The fourth-order valence-electron chi connectivity index (χ4n) is 4.41. The van der Waals surface area contributed by atoms with Gasteiger partial charge in [0.25, 0.3) is 0 Å². The van der Waals surface area contributed by atoms with E-state index < -0.39 is 0 Å². The van der Waals surface area contributed by atoms with Crippen LogP contribution in [0.1, 0.15) is 29.9 Å². The Morgan fingerprint density at radius 2 is 1.93 bits per heavy atom. The molecular formula is C22H17Cl2N2O+. The zero-order valence-electron chi connectivity index (χ0n) is 14.4. The molecule has 134 valence electrons. The zero-order chi connectivity index (χ0) is 18.5. The molecule has 5 heteroatoms. The molecule has 2 aromatic carbocycles. The van der Waals surface area contributed by atoms with Gasteiger partial charge < -0.3 is 5.32 Å². The molecule has 2 N–H and O–H groups in total. The van der Waals surface area contributed by atoms with Crippen molar-refractivity contribution in [2.45, 2.75) is 18.8 Å².